The van der Waals surface area contributed by atoms with Gasteiger partial charge in [0, 0.05) is 11.1 Å². The van der Waals surface area contributed by atoms with Crippen molar-refractivity contribution in [3.8, 4) is 11.3 Å². The Hall–Kier alpha value is -3.98. The zero-order valence-corrected chi connectivity index (χ0v) is 15.7. The second-order valence-electron chi connectivity index (χ2n) is 6.50. The predicted octanol–water partition coefficient (Wildman–Crippen LogP) is 6.41. The minimum absolute atomic E-state index is 0.138. The molecule has 4 rings (SSSR count). The SMILES string of the molecule is O=C(/C=C/c1ccccc1)c1cccc(-c2cocc2/C=C/c2ccccc2)n1. The summed E-state index contributed by atoms with van der Waals surface area (Å²) in [5.41, 5.74) is 4.92. The van der Waals surface area contributed by atoms with E-state index >= 15 is 0 Å². The fourth-order valence-corrected chi connectivity index (χ4v) is 2.94. The van der Waals surface area contributed by atoms with E-state index in [0.717, 1.165) is 22.3 Å². The Balaban J connectivity index is 1.57. The lowest BCUT2D eigenvalue weighted by Crippen LogP contribution is -1.99. The molecule has 0 aliphatic carbocycles. The molecule has 29 heavy (non-hydrogen) atoms. The number of nitrogens with zero attached hydrogens (tertiary/aromatic N) is 1. The second-order valence-corrected chi connectivity index (χ2v) is 6.50. The first-order chi connectivity index (χ1) is 14.3. The molecule has 0 unspecified atom stereocenters. The summed E-state index contributed by atoms with van der Waals surface area (Å²) in [5.74, 6) is -0.138. The fourth-order valence-electron chi connectivity index (χ4n) is 2.94. The molecule has 0 saturated heterocycles. The van der Waals surface area contributed by atoms with E-state index in [2.05, 4.69) is 4.98 Å². The van der Waals surface area contributed by atoms with Crippen molar-refractivity contribution in [1.82, 2.24) is 4.98 Å². The normalized spacial score (nSPS) is 11.3. The molecule has 0 atom stereocenters. The maximum absolute atomic E-state index is 12.5. The van der Waals surface area contributed by atoms with Crippen molar-refractivity contribution < 1.29 is 9.21 Å². The van der Waals surface area contributed by atoms with Crippen molar-refractivity contribution in [2.75, 3.05) is 0 Å². The lowest BCUT2D eigenvalue weighted by atomic mass is 10.1. The van der Waals surface area contributed by atoms with Crippen LogP contribution >= 0.6 is 0 Å². The lowest BCUT2D eigenvalue weighted by Gasteiger charge is -2.02. The summed E-state index contributed by atoms with van der Waals surface area (Å²) in [6, 6.07) is 25.2. The Morgan fingerprint density at radius 3 is 2.14 bits per heavy atom. The van der Waals surface area contributed by atoms with Crippen LogP contribution in [-0.2, 0) is 0 Å². The molecule has 3 heteroatoms. The highest BCUT2D eigenvalue weighted by molar-refractivity contribution is 6.05. The van der Waals surface area contributed by atoms with Crippen molar-refractivity contribution in [3.05, 3.63) is 120 Å². The summed E-state index contributed by atoms with van der Waals surface area (Å²) in [4.78, 5) is 17.1. The molecule has 0 fully saturated rings. The smallest absolute Gasteiger partial charge is 0.204 e. The van der Waals surface area contributed by atoms with Gasteiger partial charge in [0.15, 0.2) is 0 Å². The van der Waals surface area contributed by atoms with Crippen LogP contribution < -0.4 is 0 Å². The van der Waals surface area contributed by atoms with Crippen LogP contribution in [0.2, 0.25) is 0 Å². The number of carbonyl (C=O) groups excluding carboxylic acids is 1. The van der Waals surface area contributed by atoms with Gasteiger partial charge in [-0.3, -0.25) is 4.79 Å². The number of rotatable bonds is 6. The molecule has 140 valence electrons. The van der Waals surface area contributed by atoms with Gasteiger partial charge in [-0.05, 0) is 29.3 Å². The Morgan fingerprint density at radius 2 is 1.41 bits per heavy atom. The summed E-state index contributed by atoms with van der Waals surface area (Å²) in [7, 11) is 0. The van der Waals surface area contributed by atoms with E-state index in [1.807, 2.05) is 84.9 Å². The molecule has 2 heterocycles. The van der Waals surface area contributed by atoms with Crippen LogP contribution in [0.3, 0.4) is 0 Å². The molecule has 0 saturated carbocycles. The highest BCUT2D eigenvalue weighted by Gasteiger charge is 2.10. The quantitative estimate of drug-likeness (QED) is 0.288. The Morgan fingerprint density at radius 1 is 0.724 bits per heavy atom. The molecule has 0 N–H and O–H groups in total. The number of hydrogen-bond donors (Lipinski definition) is 0. The van der Waals surface area contributed by atoms with E-state index in [0.29, 0.717) is 11.4 Å². The van der Waals surface area contributed by atoms with Crippen molar-refractivity contribution in [2.24, 2.45) is 0 Å². The first-order valence-electron chi connectivity index (χ1n) is 9.34. The molecular weight excluding hydrogens is 358 g/mol. The molecule has 4 aromatic rings. The van der Waals surface area contributed by atoms with Crippen molar-refractivity contribution in [1.29, 1.82) is 0 Å². The third kappa shape index (κ3) is 4.66. The monoisotopic (exact) mass is 377 g/mol. The first-order valence-corrected chi connectivity index (χ1v) is 9.34. The molecule has 0 aliphatic heterocycles. The van der Waals surface area contributed by atoms with Gasteiger partial charge < -0.3 is 4.42 Å². The van der Waals surface area contributed by atoms with Gasteiger partial charge in [0.1, 0.15) is 12.0 Å². The van der Waals surface area contributed by atoms with Crippen LogP contribution in [0, 0.1) is 0 Å². The average Bonchev–Trinajstić information content (AvgIpc) is 3.26. The molecule has 2 aromatic heterocycles. The van der Waals surface area contributed by atoms with E-state index in [1.165, 1.54) is 0 Å². The summed E-state index contributed by atoms with van der Waals surface area (Å²) in [6.07, 6.45) is 10.7. The van der Waals surface area contributed by atoms with Gasteiger partial charge in [0.25, 0.3) is 0 Å². The first kappa shape index (κ1) is 18.4. The van der Waals surface area contributed by atoms with Gasteiger partial charge in [-0.25, -0.2) is 4.98 Å². The number of allylic oxidation sites excluding steroid dienone is 1. The molecular formula is C26H19NO2. The summed E-state index contributed by atoms with van der Waals surface area (Å²) in [5, 5.41) is 0. The van der Waals surface area contributed by atoms with Crippen LogP contribution in [0.4, 0.5) is 0 Å². The van der Waals surface area contributed by atoms with Gasteiger partial charge in [-0.15, -0.1) is 0 Å². The number of furan rings is 1. The van der Waals surface area contributed by atoms with E-state index in [1.54, 1.807) is 30.7 Å². The molecule has 0 spiro atoms. The van der Waals surface area contributed by atoms with E-state index < -0.39 is 0 Å². The summed E-state index contributed by atoms with van der Waals surface area (Å²) in [6.45, 7) is 0. The fraction of sp³-hybridized carbons (Fsp3) is 0. The zero-order chi connectivity index (χ0) is 19.9. The molecule has 0 amide bonds. The van der Waals surface area contributed by atoms with Gasteiger partial charge in [-0.1, -0.05) is 85.0 Å². The number of hydrogen-bond acceptors (Lipinski definition) is 3. The van der Waals surface area contributed by atoms with Crippen molar-refractivity contribution >= 4 is 24.0 Å². The number of aromatic nitrogens is 1. The topological polar surface area (TPSA) is 43.1 Å². The zero-order valence-electron chi connectivity index (χ0n) is 15.7. The third-order valence-electron chi connectivity index (χ3n) is 4.45. The van der Waals surface area contributed by atoms with Gasteiger partial charge in [0.05, 0.1) is 12.0 Å². The van der Waals surface area contributed by atoms with Crippen LogP contribution in [-0.4, -0.2) is 10.8 Å². The van der Waals surface area contributed by atoms with Crippen molar-refractivity contribution in [3.63, 3.8) is 0 Å². The van der Waals surface area contributed by atoms with E-state index in [4.69, 9.17) is 4.42 Å². The molecule has 3 nitrogen and oxygen atoms in total. The number of ketones is 1. The Kier molecular flexibility index (Phi) is 5.58. The standard InChI is InChI=1S/C26H19NO2/c28-26(17-15-21-10-5-2-6-11-21)25-13-7-12-24(27-25)23-19-29-18-22(23)16-14-20-8-3-1-4-9-20/h1-19H/b16-14+,17-15+. The number of benzene rings is 2. The number of pyridine rings is 1. The van der Waals surface area contributed by atoms with Crippen LogP contribution in [0.25, 0.3) is 29.5 Å². The summed E-state index contributed by atoms with van der Waals surface area (Å²) >= 11 is 0. The maximum atomic E-state index is 12.5. The van der Waals surface area contributed by atoms with E-state index in [-0.39, 0.29) is 5.78 Å². The highest BCUT2D eigenvalue weighted by atomic mass is 16.3. The highest BCUT2D eigenvalue weighted by Crippen LogP contribution is 2.25. The van der Waals surface area contributed by atoms with Crippen molar-refractivity contribution in [2.45, 2.75) is 0 Å². The molecule has 0 radical (unpaired) electrons. The maximum Gasteiger partial charge on any atom is 0.204 e. The van der Waals surface area contributed by atoms with Crippen LogP contribution in [0.15, 0.2) is 102 Å². The second kappa shape index (κ2) is 8.81. The van der Waals surface area contributed by atoms with Gasteiger partial charge >= 0.3 is 0 Å². The van der Waals surface area contributed by atoms with Crippen LogP contribution in [0.1, 0.15) is 27.2 Å². The lowest BCUT2D eigenvalue weighted by molar-refractivity contribution is 0.104. The van der Waals surface area contributed by atoms with E-state index in [9.17, 15) is 4.79 Å². The predicted molar refractivity (Wildman–Crippen MR) is 117 cm³/mol. The Labute approximate surface area is 169 Å². The molecule has 2 aromatic carbocycles. The molecule has 0 aliphatic rings. The third-order valence-corrected chi connectivity index (χ3v) is 4.45. The Bertz CT molecular complexity index is 1160. The largest absolute Gasteiger partial charge is 0.471 e. The minimum Gasteiger partial charge on any atom is -0.471 e. The summed E-state index contributed by atoms with van der Waals surface area (Å²) < 4.78 is 5.40. The number of carbonyl (C=O) groups is 1. The average molecular weight is 377 g/mol. The minimum atomic E-state index is -0.138. The van der Waals surface area contributed by atoms with Gasteiger partial charge in [0.2, 0.25) is 5.78 Å². The van der Waals surface area contributed by atoms with Gasteiger partial charge in [-0.2, -0.15) is 0 Å². The van der Waals surface area contributed by atoms with Crippen LogP contribution in [0.5, 0.6) is 0 Å². The molecule has 0 bridgehead atoms.